The lowest BCUT2D eigenvalue weighted by Crippen LogP contribution is -2.36. The van der Waals surface area contributed by atoms with Gasteiger partial charge in [-0.3, -0.25) is 14.5 Å². The van der Waals surface area contributed by atoms with E-state index >= 15 is 0 Å². The molecule has 0 fully saturated rings. The van der Waals surface area contributed by atoms with Crippen molar-refractivity contribution in [3.8, 4) is 0 Å². The molecular weight excluding hydrogens is 318 g/mol. The number of nitrogens with one attached hydrogen (secondary N) is 1. The van der Waals surface area contributed by atoms with Gasteiger partial charge in [-0.05, 0) is 24.2 Å². The summed E-state index contributed by atoms with van der Waals surface area (Å²) in [6.07, 6.45) is 1.79. The van der Waals surface area contributed by atoms with Crippen molar-refractivity contribution in [3.05, 3.63) is 28.0 Å². The van der Waals surface area contributed by atoms with Crippen LogP contribution in [0.3, 0.4) is 0 Å². The predicted octanol–water partition coefficient (Wildman–Crippen LogP) is 0.941. The van der Waals surface area contributed by atoms with Gasteiger partial charge in [-0.1, -0.05) is 12.2 Å². The van der Waals surface area contributed by atoms with Crippen molar-refractivity contribution >= 4 is 24.1 Å². The van der Waals surface area contributed by atoms with Crippen LogP contribution in [0.2, 0.25) is 0 Å². The van der Waals surface area contributed by atoms with Crippen molar-refractivity contribution in [2.24, 2.45) is 0 Å². The van der Waals surface area contributed by atoms with Crippen LogP contribution in [-0.2, 0) is 27.4 Å². The number of carbonyl (C=O) groups is 2. The SMILES string of the molecule is COCC(C(=O)NCCC(=O)O)n1cc2c(cc1=S)CN(C)C2. The quantitative estimate of drug-likeness (QED) is 0.720. The Bertz CT molecular complexity index is 659. The fraction of sp³-hybridized carbons (Fsp3) is 0.533. The van der Waals surface area contributed by atoms with Gasteiger partial charge < -0.3 is 19.7 Å². The molecule has 0 aliphatic carbocycles. The monoisotopic (exact) mass is 339 g/mol. The third-order valence-corrected chi connectivity index (χ3v) is 4.07. The standard InChI is InChI=1S/C15H21N3O4S/c1-17-6-10-5-13(23)18(8-11(10)7-17)12(9-22-2)15(21)16-4-3-14(19)20/h5,8,12H,3-4,6-7,9H2,1-2H3,(H,16,21)(H,19,20). The Morgan fingerprint density at radius 2 is 2.13 bits per heavy atom. The zero-order chi connectivity index (χ0) is 17.0. The highest BCUT2D eigenvalue weighted by Crippen LogP contribution is 2.23. The van der Waals surface area contributed by atoms with Gasteiger partial charge in [0.25, 0.3) is 0 Å². The molecule has 2 N–H and O–H groups in total. The van der Waals surface area contributed by atoms with Crippen molar-refractivity contribution < 1.29 is 19.4 Å². The summed E-state index contributed by atoms with van der Waals surface area (Å²) in [7, 11) is 3.54. The number of pyridine rings is 1. The maximum absolute atomic E-state index is 12.4. The molecule has 0 saturated carbocycles. The third kappa shape index (κ3) is 4.37. The lowest BCUT2D eigenvalue weighted by atomic mass is 10.1. The second kappa shape index (κ2) is 7.67. The summed E-state index contributed by atoms with van der Waals surface area (Å²) in [5.41, 5.74) is 2.32. The van der Waals surface area contributed by atoms with E-state index in [9.17, 15) is 9.59 Å². The smallest absolute Gasteiger partial charge is 0.305 e. The summed E-state index contributed by atoms with van der Waals surface area (Å²) in [5, 5.41) is 11.3. The second-order valence-corrected chi connectivity index (χ2v) is 6.07. The average molecular weight is 339 g/mol. The molecule has 1 atom stereocenters. The molecule has 2 rings (SSSR count). The number of hydrogen-bond donors (Lipinski definition) is 2. The van der Waals surface area contributed by atoms with Gasteiger partial charge in [-0.15, -0.1) is 0 Å². The Hall–Kier alpha value is -1.77. The molecule has 1 aromatic heterocycles. The van der Waals surface area contributed by atoms with Crippen LogP contribution in [0.4, 0.5) is 0 Å². The Kier molecular flexibility index (Phi) is 5.86. The summed E-state index contributed by atoms with van der Waals surface area (Å²) >= 11 is 5.41. The van der Waals surface area contributed by atoms with E-state index in [-0.39, 0.29) is 25.5 Å². The summed E-state index contributed by atoms with van der Waals surface area (Å²) in [5.74, 6) is -1.25. The van der Waals surface area contributed by atoms with Crippen LogP contribution in [0.25, 0.3) is 0 Å². The van der Waals surface area contributed by atoms with Crippen LogP contribution in [0.5, 0.6) is 0 Å². The van der Waals surface area contributed by atoms with E-state index in [0.29, 0.717) is 4.64 Å². The van der Waals surface area contributed by atoms with Crippen LogP contribution in [0, 0.1) is 4.64 Å². The molecule has 1 aromatic rings. The van der Waals surface area contributed by atoms with Crippen molar-refractivity contribution in [3.63, 3.8) is 0 Å². The van der Waals surface area contributed by atoms with E-state index in [2.05, 4.69) is 10.2 Å². The molecule has 7 nitrogen and oxygen atoms in total. The van der Waals surface area contributed by atoms with Crippen molar-refractivity contribution in [1.29, 1.82) is 0 Å². The average Bonchev–Trinajstić information content (AvgIpc) is 2.82. The van der Waals surface area contributed by atoms with Crippen molar-refractivity contribution in [2.75, 3.05) is 27.3 Å². The Balaban J connectivity index is 2.21. The lowest BCUT2D eigenvalue weighted by Gasteiger charge is -2.20. The molecular formula is C15H21N3O4S. The van der Waals surface area contributed by atoms with E-state index in [4.69, 9.17) is 22.1 Å². The first kappa shape index (κ1) is 17.6. The number of carboxylic acid groups (broad SMARTS) is 1. The highest BCUT2D eigenvalue weighted by Gasteiger charge is 2.23. The molecule has 2 heterocycles. The molecule has 0 aromatic carbocycles. The summed E-state index contributed by atoms with van der Waals surface area (Å²) in [6, 6.07) is 1.30. The summed E-state index contributed by atoms with van der Waals surface area (Å²) < 4.78 is 7.44. The predicted molar refractivity (Wildman–Crippen MR) is 86.6 cm³/mol. The lowest BCUT2D eigenvalue weighted by molar-refractivity contribution is -0.137. The highest BCUT2D eigenvalue weighted by molar-refractivity contribution is 7.71. The number of amides is 1. The minimum absolute atomic E-state index is 0.0788. The maximum atomic E-state index is 12.4. The first-order chi connectivity index (χ1) is 10.9. The van der Waals surface area contributed by atoms with Gasteiger partial charge >= 0.3 is 5.97 Å². The molecule has 126 valence electrons. The molecule has 1 aliphatic heterocycles. The van der Waals surface area contributed by atoms with E-state index < -0.39 is 12.0 Å². The van der Waals surface area contributed by atoms with Gasteiger partial charge in [-0.2, -0.15) is 0 Å². The summed E-state index contributed by atoms with van der Waals surface area (Å²) in [4.78, 5) is 25.1. The Morgan fingerprint density at radius 1 is 1.43 bits per heavy atom. The molecule has 0 saturated heterocycles. The normalized spacial score (nSPS) is 15.2. The number of carbonyl (C=O) groups excluding carboxylic acids is 1. The first-order valence-corrected chi connectivity index (χ1v) is 7.74. The number of methoxy groups -OCH3 is 1. The van der Waals surface area contributed by atoms with Crippen LogP contribution in [0.1, 0.15) is 23.6 Å². The molecule has 23 heavy (non-hydrogen) atoms. The van der Waals surface area contributed by atoms with Gasteiger partial charge in [0.1, 0.15) is 10.7 Å². The third-order valence-electron chi connectivity index (χ3n) is 3.74. The molecule has 0 bridgehead atoms. The molecule has 0 radical (unpaired) electrons. The number of ether oxygens (including phenoxy) is 1. The highest BCUT2D eigenvalue weighted by atomic mass is 32.1. The molecule has 1 unspecified atom stereocenters. The van der Waals surface area contributed by atoms with Crippen LogP contribution in [0.15, 0.2) is 12.3 Å². The number of nitrogens with zero attached hydrogens (tertiary/aromatic N) is 2. The molecule has 8 heteroatoms. The van der Waals surface area contributed by atoms with Gasteiger partial charge in [0.15, 0.2) is 0 Å². The van der Waals surface area contributed by atoms with Crippen molar-refractivity contribution in [2.45, 2.75) is 25.6 Å². The zero-order valence-corrected chi connectivity index (χ0v) is 14.1. The molecule has 1 aliphatic rings. The van der Waals surface area contributed by atoms with Crippen LogP contribution in [-0.4, -0.2) is 53.8 Å². The van der Waals surface area contributed by atoms with E-state index in [1.165, 1.54) is 12.7 Å². The molecule has 1 amide bonds. The topological polar surface area (TPSA) is 83.8 Å². The Morgan fingerprint density at radius 3 is 2.78 bits per heavy atom. The largest absolute Gasteiger partial charge is 0.481 e. The zero-order valence-electron chi connectivity index (χ0n) is 13.2. The minimum Gasteiger partial charge on any atom is -0.481 e. The van der Waals surface area contributed by atoms with Crippen LogP contribution >= 0.6 is 12.2 Å². The first-order valence-electron chi connectivity index (χ1n) is 7.33. The fourth-order valence-electron chi connectivity index (χ4n) is 2.65. The summed E-state index contributed by atoms with van der Waals surface area (Å²) in [6.45, 7) is 1.90. The minimum atomic E-state index is -0.953. The van der Waals surface area contributed by atoms with E-state index in [1.54, 1.807) is 4.57 Å². The number of fused-ring (bicyclic) bond motifs is 1. The number of aliphatic carboxylic acids is 1. The van der Waals surface area contributed by atoms with E-state index in [1.807, 2.05) is 19.3 Å². The number of rotatable bonds is 7. The number of carboxylic acids is 1. The number of aromatic nitrogens is 1. The van der Waals surface area contributed by atoms with Gasteiger partial charge in [0, 0.05) is 32.9 Å². The van der Waals surface area contributed by atoms with Gasteiger partial charge in [0.05, 0.1) is 13.0 Å². The number of hydrogen-bond acceptors (Lipinski definition) is 5. The molecule has 0 spiro atoms. The van der Waals surface area contributed by atoms with Gasteiger partial charge in [0.2, 0.25) is 5.91 Å². The second-order valence-electron chi connectivity index (χ2n) is 5.65. The van der Waals surface area contributed by atoms with E-state index in [0.717, 1.165) is 18.7 Å². The maximum Gasteiger partial charge on any atom is 0.305 e. The van der Waals surface area contributed by atoms with Crippen molar-refractivity contribution in [1.82, 2.24) is 14.8 Å². The van der Waals surface area contributed by atoms with Gasteiger partial charge in [-0.25, -0.2) is 0 Å². The van der Waals surface area contributed by atoms with Crippen LogP contribution < -0.4 is 5.32 Å². The fourth-order valence-corrected chi connectivity index (χ4v) is 2.97. The Labute approximate surface area is 139 Å².